The normalized spacial score (nSPS) is 10.2. The minimum Gasteiger partial charge on any atom is -0.363 e. The first-order chi connectivity index (χ1) is 9.13. The molecule has 1 aromatic heterocycles. The highest BCUT2D eigenvalue weighted by Gasteiger charge is 2.18. The molecule has 19 heavy (non-hydrogen) atoms. The molecule has 0 unspecified atom stereocenters. The number of anilines is 1. The van der Waals surface area contributed by atoms with Crippen molar-refractivity contribution in [3.05, 3.63) is 53.3 Å². The Balaban J connectivity index is 2.37. The van der Waals surface area contributed by atoms with Crippen molar-refractivity contribution in [1.82, 2.24) is 4.98 Å². The first kappa shape index (κ1) is 13.4. The molecule has 0 radical (unpaired) electrons. The second-order valence-corrected chi connectivity index (χ2v) is 4.35. The van der Waals surface area contributed by atoms with Crippen molar-refractivity contribution in [2.24, 2.45) is 0 Å². The fourth-order valence-corrected chi connectivity index (χ4v) is 1.90. The van der Waals surface area contributed by atoms with E-state index < -0.39 is 0 Å². The van der Waals surface area contributed by atoms with Crippen molar-refractivity contribution in [1.29, 1.82) is 0 Å². The molecule has 2 N–H and O–H groups in total. The number of aromatic amines is 1. The van der Waals surface area contributed by atoms with E-state index in [9.17, 15) is 9.59 Å². The average Bonchev–Trinajstić information content (AvgIpc) is 2.79. The number of amides is 1. The third-order valence-electron chi connectivity index (χ3n) is 2.74. The van der Waals surface area contributed by atoms with Crippen molar-refractivity contribution in [2.45, 2.75) is 6.92 Å². The summed E-state index contributed by atoms with van der Waals surface area (Å²) in [6.45, 7) is 1.78. The van der Waals surface area contributed by atoms with Gasteiger partial charge in [0.15, 0.2) is 5.78 Å². The van der Waals surface area contributed by atoms with Gasteiger partial charge in [0.2, 0.25) is 5.91 Å². The fourth-order valence-electron chi connectivity index (χ4n) is 1.84. The summed E-state index contributed by atoms with van der Waals surface area (Å²) in [6, 6.07) is 8.92. The van der Waals surface area contributed by atoms with Crippen LogP contribution in [0.4, 0.5) is 5.69 Å². The topological polar surface area (TPSA) is 62.0 Å². The van der Waals surface area contributed by atoms with E-state index in [1.165, 1.54) is 0 Å². The standard InChI is InChI=1S/C14H13ClN2O2/c1-9-13(11(8-16-9)17-12(18)7-15)14(19)10-5-3-2-4-6-10/h2-6,8,16H,7H2,1H3,(H,17,18). The lowest BCUT2D eigenvalue weighted by Gasteiger charge is -2.05. The van der Waals surface area contributed by atoms with Gasteiger partial charge in [-0.2, -0.15) is 0 Å². The SMILES string of the molecule is Cc1[nH]cc(NC(=O)CCl)c1C(=O)c1ccccc1. The van der Waals surface area contributed by atoms with Crippen LogP contribution >= 0.6 is 11.6 Å². The Morgan fingerprint density at radius 3 is 2.58 bits per heavy atom. The van der Waals surface area contributed by atoms with Crippen LogP contribution in [0.15, 0.2) is 36.5 Å². The summed E-state index contributed by atoms with van der Waals surface area (Å²) in [5.74, 6) is -0.629. The number of aromatic nitrogens is 1. The third kappa shape index (κ3) is 2.85. The Morgan fingerprint density at radius 2 is 1.95 bits per heavy atom. The van der Waals surface area contributed by atoms with Crippen LogP contribution < -0.4 is 5.32 Å². The van der Waals surface area contributed by atoms with E-state index in [4.69, 9.17) is 11.6 Å². The maximum atomic E-state index is 12.4. The highest BCUT2D eigenvalue weighted by molar-refractivity contribution is 6.29. The zero-order valence-electron chi connectivity index (χ0n) is 10.4. The maximum absolute atomic E-state index is 12.4. The van der Waals surface area contributed by atoms with Crippen molar-refractivity contribution in [3.8, 4) is 0 Å². The van der Waals surface area contributed by atoms with Gasteiger partial charge in [0.25, 0.3) is 0 Å². The second-order valence-electron chi connectivity index (χ2n) is 4.08. The first-order valence-electron chi connectivity index (χ1n) is 5.77. The number of rotatable bonds is 4. The van der Waals surface area contributed by atoms with Gasteiger partial charge in [0.1, 0.15) is 5.88 Å². The second kappa shape index (κ2) is 5.71. The van der Waals surface area contributed by atoms with E-state index in [1.807, 2.05) is 6.07 Å². The van der Waals surface area contributed by atoms with Crippen molar-refractivity contribution in [3.63, 3.8) is 0 Å². The monoisotopic (exact) mass is 276 g/mol. The highest BCUT2D eigenvalue weighted by atomic mass is 35.5. The number of nitrogens with one attached hydrogen (secondary N) is 2. The number of hydrogen-bond donors (Lipinski definition) is 2. The zero-order valence-corrected chi connectivity index (χ0v) is 11.1. The quantitative estimate of drug-likeness (QED) is 0.666. The summed E-state index contributed by atoms with van der Waals surface area (Å²) in [4.78, 5) is 26.7. The molecule has 2 rings (SSSR count). The summed E-state index contributed by atoms with van der Waals surface area (Å²) in [6.07, 6.45) is 1.59. The van der Waals surface area contributed by atoms with Crippen LogP contribution in [0.5, 0.6) is 0 Å². The summed E-state index contributed by atoms with van der Waals surface area (Å²) in [5, 5.41) is 2.61. The van der Waals surface area contributed by atoms with Gasteiger partial charge in [0, 0.05) is 17.5 Å². The van der Waals surface area contributed by atoms with Crippen molar-refractivity contribution >= 4 is 29.0 Å². The molecule has 1 amide bonds. The predicted molar refractivity (Wildman–Crippen MR) is 74.8 cm³/mol. The Labute approximate surface area is 115 Å². The number of H-pyrrole nitrogens is 1. The molecular formula is C14H13ClN2O2. The molecule has 0 fully saturated rings. The summed E-state index contributed by atoms with van der Waals surface area (Å²) >= 11 is 5.45. The number of hydrogen-bond acceptors (Lipinski definition) is 2. The maximum Gasteiger partial charge on any atom is 0.239 e. The third-order valence-corrected chi connectivity index (χ3v) is 2.98. The lowest BCUT2D eigenvalue weighted by molar-refractivity contribution is -0.113. The van der Waals surface area contributed by atoms with E-state index in [0.29, 0.717) is 22.5 Å². The molecule has 0 saturated carbocycles. The van der Waals surface area contributed by atoms with Gasteiger partial charge in [-0.1, -0.05) is 30.3 Å². The minimum atomic E-state index is -0.345. The van der Waals surface area contributed by atoms with Crippen LogP contribution in [0.3, 0.4) is 0 Å². The molecule has 5 heteroatoms. The van der Waals surface area contributed by atoms with Gasteiger partial charge in [-0.25, -0.2) is 0 Å². The Morgan fingerprint density at radius 1 is 1.26 bits per heavy atom. The molecule has 4 nitrogen and oxygen atoms in total. The van der Waals surface area contributed by atoms with Gasteiger partial charge in [0.05, 0.1) is 11.3 Å². The minimum absolute atomic E-state index is 0.135. The van der Waals surface area contributed by atoms with Crippen molar-refractivity contribution in [2.75, 3.05) is 11.2 Å². The largest absolute Gasteiger partial charge is 0.363 e. The molecule has 0 atom stereocenters. The summed E-state index contributed by atoms with van der Waals surface area (Å²) in [5.41, 5.74) is 2.20. The number of halogens is 1. The zero-order chi connectivity index (χ0) is 13.8. The van der Waals surface area contributed by atoms with E-state index >= 15 is 0 Å². The van der Waals surface area contributed by atoms with Crippen LogP contribution in [0.25, 0.3) is 0 Å². The molecule has 1 aromatic carbocycles. The Bertz CT molecular complexity index is 605. The number of carbonyl (C=O) groups is 2. The molecule has 2 aromatic rings. The Kier molecular flexibility index (Phi) is 4.02. The van der Waals surface area contributed by atoms with E-state index in [1.54, 1.807) is 37.4 Å². The molecule has 0 aliphatic rings. The molecule has 0 aliphatic carbocycles. The van der Waals surface area contributed by atoms with E-state index in [-0.39, 0.29) is 17.6 Å². The van der Waals surface area contributed by atoms with Crippen LogP contribution in [-0.2, 0) is 4.79 Å². The van der Waals surface area contributed by atoms with Crippen LogP contribution in [0.2, 0.25) is 0 Å². The molecule has 0 bridgehead atoms. The van der Waals surface area contributed by atoms with Gasteiger partial charge in [-0.3, -0.25) is 9.59 Å². The Hall–Kier alpha value is -2.07. The molecule has 0 saturated heterocycles. The average molecular weight is 277 g/mol. The fraction of sp³-hybridized carbons (Fsp3) is 0.143. The van der Waals surface area contributed by atoms with E-state index in [2.05, 4.69) is 10.3 Å². The lowest BCUT2D eigenvalue weighted by Crippen LogP contribution is -2.15. The lowest BCUT2D eigenvalue weighted by atomic mass is 10.0. The molecule has 1 heterocycles. The first-order valence-corrected chi connectivity index (χ1v) is 6.30. The molecule has 0 aliphatic heterocycles. The van der Waals surface area contributed by atoms with Crippen LogP contribution in [-0.4, -0.2) is 22.6 Å². The number of benzene rings is 1. The van der Waals surface area contributed by atoms with Crippen LogP contribution in [0, 0.1) is 6.92 Å². The van der Waals surface area contributed by atoms with Gasteiger partial charge in [-0.05, 0) is 6.92 Å². The van der Waals surface area contributed by atoms with Gasteiger partial charge < -0.3 is 10.3 Å². The van der Waals surface area contributed by atoms with Crippen molar-refractivity contribution < 1.29 is 9.59 Å². The van der Waals surface area contributed by atoms with Crippen LogP contribution in [0.1, 0.15) is 21.6 Å². The molecule has 0 spiro atoms. The number of alkyl halides is 1. The van der Waals surface area contributed by atoms with Gasteiger partial charge >= 0.3 is 0 Å². The number of aryl methyl sites for hydroxylation is 1. The number of carbonyl (C=O) groups excluding carboxylic acids is 2. The van der Waals surface area contributed by atoms with E-state index in [0.717, 1.165) is 0 Å². The summed E-state index contributed by atoms with van der Waals surface area (Å²) < 4.78 is 0. The predicted octanol–water partition coefficient (Wildman–Crippen LogP) is 2.73. The van der Waals surface area contributed by atoms with Gasteiger partial charge in [-0.15, -0.1) is 11.6 Å². The highest BCUT2D eigenvalue weighted by Crippen LogP contribution is 2.22. The summed E-state index contributed by atoms with van der Waals surface area (Å²) in [7, 11) is 0. The number of ketones is 1. The molecule has 98 valence electrons. The smallest absolute Gasteiger partial charge is 0.239 e. The molecular weight excluding hydrogens is 264 g/mol.